The molecule has 0 radical (unpaired) electrons. The molecule has 1 heterocycles. The Balaban J connectivity index is 0. The quantitative estimate of drug-likeness (QED) is 0.811. The van der Waals surface area contributed by atoms with Gasteiger partial charge in [-0.05, 0) is 33.1 Å². The second-order valence-corrected chi connectivity index (χ2v) is 5.30. The van der Waals surface area contributed by atoms with E-state index in [0.717, 1.165) is 45.3 Å². The van der Waals surface area contributed by atoms with Crippen LogP contribution in [0.4, 0.5) is 0 Å². The maximum absolute atomic E-state index is 5.28. The highest BCUT2D eigenvalue weighted by molar-refractivity contribution is 4.63. The second-order valence-electron chi connectivity index (χ2n) is 5.30. The van der Waals surface area contributed by atoms with Crippen LogP contribution in [0.1, 0.15) is 34.6 Å². The minimum absolute atomic E-state index is 0.787. The van der Waals surface area contributed by atoms with E-state index in [0.29, 0.717) is 0 Å². The van der Waals surface area contributed by atoms with Crippen molar-refractivity contribution in [1.82, 2.24) is 15.1 Å². The van der Waals surface area contributed by atoms with Gasteiger partial charge in [0.15, 0.2) is 0 Å². The van der Waals surface area contributed by atoms with Crippen LogP contribution in [-0.2, 0) is 4.74 Å². The fraction of sp³-hybridized carbons (Fsp3) is 1.00. The van der Waals surface area contributed by atoms with E-state index in [9.17, 15) is 0 Å². The highest BCUT2D eigenvalue weighted by atomic mass is 16.5. The van der Waals surface area contributed by atoms with Crippen molar-refractivity contribution in [3.05, 3.63) is 0 Å². The third-order valence-corrected chi connectivity index (χ3v) is 3.05. The fourth-order valence-corrected chi connectivity index (χ4v) is 1.70. The first-order chi connectivity index (χ1) is 9.60. The number of likely N-dealkylation sites (N-methyl/N-ethyl adjacent to an activating group) is 1. The van der Waals surface area contributed by atoms with Crippen LogP contribution in [-0.4, -0.2) is 76.4 Å². The van der Waals surface area contributed by atoms with Crippen molar-refractivity contribution in [2.75, 3.05) is 66.6 Å². The maximum Gasteiger partial charge on any atom is 0.0594 e. The number of hydrogen-bond donors (Lipinski definition) is 1. The standard InChI is InChI=1S/C9H20N2O.C5H13N.C2H6/c1-3-10(2)4-5-11-6-8-12-9-7-11;1-5(2)4-6-3;1-2/h3-9H2,1-2H3;5-6H,4H2,1-3H3;1-2H3. The zero-order chi connectivity index (χ0) is 15.8. The maximum atomic E-state index is 5.28. The highest BCUT2D eigenvalue weighted by Gasteiger charge is 2.09. The number of rotatable bonds is 6. The number of ether oxygens (including phenoxy) is 1. The molecule has 0 aromatic rings. The highest BCUT2D eigenvalue weighted by Crippen LogP contribution is 1.96. The van der Waals surface area contributed by atoms with Crippen LogP contribution in [0.3, 0.4) is 0 Å². The van der Waals surface area contributed by atoms with Gasteiger partial charge in [0.1, 0.15) is 0 Å². The first-order valence-corrected chi connectivity index (χ1v) is 8.23. The summed E-state index contributed by atoms with van der Waals surface area (Å²) in [6.45, 7) is 19.3. The molecule has 0 atom stereocenters. The van der Waals surface area contributed by atoms with Gasteiger partial charge < -0.3 is 15.0 Å². The summed E-state index contributed by atoms with van der Waals surface area (Å²) in [6.07, 6.45) is 0. The molecule has 0 spiro atoms. The average molecular weight is 290 g/mol. The largest absolute Gasteiger partial charge is 0.379 e. The molecule has 0 aliphatic carbocycles. The third kappa shape index (κ3) is 15.9. The van der Waals surface area contributed by atoms with Crippen molar-refractivity contribution in [3.8, 4) is 0 Å². The molecule has 124 valence electrons. The molecule has 0 amide bonds. The van der Waals surface area contributed by atoms with E-state index in [2.05, 4.69) is 42.9 Å². The molecule has 20 heavy (non-hydrogen) atoms. The van der Waals surface area contributed by atoms with E-state index >= 15 is 0 Å². The van der Waals surface area contributed by atoms with Crippen LogP contribution >= 0.6 is 0 Å². The lowest BCUT2D eigenvalue weighted by Gasteiger charge is -2.28. The van der Waals surface area contributed by atoms with Gasteiger partial charge in [-0.15, -0.1) is 0 Å². The predicted octanol–water partition coefficient (Wildman–Crippen LogP) is 2.16. The predicted molar refractivity (Wildman–Crippen MR) is 90.5 cm³/mol. The smallest absolute Gasteiger partial charge is 0.0594 e. The van der Waals surface area contributed by atoms with Gasteiger partial charge in [-0.3, -0.25) is 4.90 Å². The van der Waals surface area contributed by atoms with Crippen LogP contribution in [0, 0.1) is 5.92 Å². The monoisotopic (exact) mass is 289 g/mol. The molecule has 1 N–H and O–H groups in total. The van der Waals surface area contributed by atoms with Gasteiger partial charge >= 0.3 is 0 Å². The minimum atomic E-state index is 0.787. The summed E-state index contributed by atoms with van der Waals surface area (Å²) in [7, 11) is 4.14. The molecule has 0 bridgehead atoms. The summed E-state index contributed by atoms with van der Waals surface area (Å²) in [5, 5.41) is 3.07. The van der Waals surface area contributed by atoms with Crippen LogP contribution < -0.4 is 5.32 Å². The zero-order valence-corrected chi connectivity index (χ0v) is 15.0. The molecule has 1 fully saturated rings. The summed E-state index contributed by atoms with van der Waals surface area (Å²) < 4.78 is 5.28. The molecule has 1 rings (SSSR count). The van der Waals surface area contributed by atoms with Gasteiger partial charge in [0.05, 0.1) is 13.2 Å². The van der Waals surface area contributed by atoms with Crippen LogP contribution in [0.25, 0.3) is 0 Å². The molecule has 4 heteroatoms. The molecule has 0 aromatic carbocycles. The Morgan fingerprint density at radius 3 is 2.10 bits per heavy atom. The first kappa shape index (κ1) is 22.1. The Labute approximate surface area is 127 Å². The van der Waals surface area contributed by atoms with E-state index in [1.54, 1.807) is 0 Å². The average Bonchev–Trinajstić information content (AvgIpc) is 2.48. The minimum Gasteiger partial charge on any atom is -0.379 e. The van der Waals surface area contributed by atoms with Crippen molar-refractivity contribution in [2.45, 2.75) is 34.6 Å². The Kier molecular flexibility index (Phi) is 18.7. The molecule has 1 aliphatic heterocycles. The lowest BCUT2D eigenvalue weighted by atomic mass is 10.2. The Bertz CT molecular complexity index is 171. The van der Waals surface area contributed by atoms with Crippen molar-refractivity contribution >= 4 is 0 Å². The van der Waals surface area contributed by atoms with Gasteiger partial charge in [-0.25, -0.2) is 0 Å². The number of nitrogens with one attached hydrogen (secondary N) is 1. The normalized spacial score (nSPS) is 15.4. The summed E-state index contributed by atoms with van der Waals surface area (Å²) in [5.74, 6) is 0.787. The Hall–Kier alpha value is -0.160. The summed E-state index contributed by atoms with van der Waals surface area (Å²) in [6, 6.07) is 0. The SMILES string of the molecule is CC.CCN(C)CCN1CCOCC1.CNCC(C)C. The molecule has 0 unspecified atom stereocenters. The lowest BCUT2D eigenvalue weighted by molar-refractivity contribution is 0.0347. The van der Waals surface area contributed by atoms with Crippen molar-refractivity contribution < 1.29 is 4.74 Å². The summed E-state index contributed by atoms with van der Waals surface area (Å²) >= 11 is 0. The van der Waals surface area contributed by atoms with E-state index in [4.69, 9.17) is 4.74 Å². The van der Waals surface area contributed by atoms with Gasteiger partial charge in [0.25, 0.3) is 0 Å². The van der Waals surface area contributed by atoms with Crippen molar-refractivity contribution in [3.63, 3.8) is 0 Å². The summed E-state index contributed by atoms with van der Waals surface area (Å²) in [4.78, 5) is 4.81. The van der Waals surface area contributed by atoms with Gasteiger partial charge in [-0.2, -0.15) is 0 Å². The number of morpholine rings is 1. The summed E-state index contributed by atoms with van der Waals surface area (Å²) in [5.41, 5.74) is 0. The Morgan fingerprint density at radius 2 is 1.75 bits per heavy atom. The fourth-order valence-electron chi connectivity index (χ4n) is 1.70. The van der Waals surface area contributed by atoms with Gasteiger partial charge in [-0.1, -0.05) is 34.6 Å². The van der Waals surface area contributed by atoms with E-state index < -0.39 is 0 Å². The molecular weight excluding hydrogens is 250 g/mol. The molecule has 0 saturated carbocycles. The van der Waals surface area contributed by atoms with E-state index in [1.807, 2.05) is 20.9 Å². The number of hydrogen-bond acceptors (Lipinski definition) is 4. The van der Waals surface area contributed by atoms with Gasteiger partial charge in [0.2, 0.25) is 0 Å². The molecular formula is C16H39N3O. The van der Waals surface area contributed by atoms with Crippen LogP contribution in [0.15, 0.2) is 0 Å². The van der Waals surface area contributed by atoms with E-state index in [1.165, 1.54) is 13.1 Å². The van der Waals surface area contributed by atoms with Crippen molar-refractivity contribution in [1.29, 1.82) is 0 Å². The second kappa shape index (κ2) is 16.9. The van der Waals surface area contributed by atoms with Gasteiger partial charge in [0, 0.05) is 26.2 Å². The molecule has 4 nitrogen and oxygen atoms in total. The zero-order valence-electron chi connectivity index (χ0n) is 15.0. The first-order valence-electron chi connectivity index (χ1n) is 8.23. The van der Waals surface area contributed by atoms with Crippen molar-refractivity contribution in [2.24, 2.45) is 5.92 Å². The molecule has 0 aromatic heterocycles. The van der Waals surface area contributed by atoms with Crippen LogP contribution in [0.5, 0.6) is 0 Å². The molecule has 1 saturated heterocycles. The number of nitrogens with zero attached hydrogens (tertiary/aromatic N) is 2. The topological polar surface area (TPSA) is 27.7 Å². The van der Waals surface area contributed by atoms with E-state index in [-0.39, 0.29) is 0 Å². The lowest BCUT2D eigenvalue weighted by Crippen LogP contribution is -2.40. The Morgan fingerprint density at radius 1 is 1.20 bits per heavy atom. The third-order valence-electron chi connectivity index (χ3n) is 3.05. The van der Waals surface area contributed by atoms with Crippen LogP contribution in [0.2, 0.25) is 0 Å². The molecule has 1 aliphatic rings.